The molecule has 0 unspecified atom stereocenters. The maximum atomic E-state index is 10.4. The first-order valence-electron chi connectivity index (χ1n) is 7.84. The Morgan fingerprint density at radius 3 is 1.72 bits per heavy atom. The van der Waals surface area contributed by atoms with Crippen LogP contribution in [0, 0.1) is 0 Å². The lowest BCUT2D eigenvalue weighted by molar-refractivity contribution is -0.340. The number of methoxy groups -OCH3 is 2. The van der Waals surface area contributed by atoms with Gasteiger partial charge in [0.2, 0.25) is 0 Å². The van der Waals surface area contributed by atoms with E-state index in [0.29, 0.717) is 0 Å². The van der Waals surface area contributed by atoms with Crippen LogP contribution in [0.25, 0.3) is 0 Å². The third-order valence-corrected chi connectivity index (χ3v) is 4.70. The smallest absolute Gasteiger partial charge is 0.187 e. The van der Waals surface area contributed by atoms with Gasteiger partial charge in [-0.15, -0.1) is 0 Å². The molecule has 2 aliphatic rings. The lowest BCUT2D eigenvalue weighted by Crippen LogP contribution is -2.67. The second-order valence-corrected chi connectivity index (χ2v) is 6.17. The number of ether oxygens (including phenoxy) is 4. The van der Waals surface area contributed by atoms with Gasteiger partial charge in [0.1, 0.15) is 61.0 Å². The van der Waals surface area contributed by atoms with Crippen LogP contribution < -0.4 is 0 Å². The highest BCUT2D eigenvalue weighted by Crippen LogP contribution is 2.31. The Bertz CT molecular complexity index is 422. The molecule has 0 aromatic heterocycles. The van der Waals surface area contributed by atoms with Gasteiger partial charge in [-0.1, -0.05) is 0 Å². The van der Waals surface area contributed by atoms with E-state index in [-0.39, 0.29) is 0 Å². The van der Waals surface area contributed by atoms with Crippen molar-refractivity contribution in [2.24, 2.45) is 0 Å². The summed E-state index contributed by atoms with van der Waals surface area (Å²) >= 11 is 0. The normalized spacial score (nSPS) is 51.5. The standard InChI is InChI=1S/C14H26O11/c1-22-12-8(19)7(18)11(10(21)13(12)23-2)25-14-9(20)6(17)5(16)4(3-15)24-14/h4-21H,3H2,1-2H3/t4-,5+,6+,7-,8+,9-,10+,11+,12-,13-,14+/m1/s1. The fourth-order valence-electron chi connectivity index (χ4n) is 3.21. The van der Waals surface area contributed by atoms with E-state index in [4.69, 9.17) is 18.9 Å². The van der Waals surface area contributed by atoms with Crippen molar-refractivity contribution in [2.75, 3.05) is 20.8 Å². The molecule has 0 aromatic rings. The van der Waals surface area contributed by atoms with Gasteiger partial charge in [0.05, 0.1) is 6.61 Å². The van der Waals surface area contributed by atoms with Crippen molar-refractivity contribution < 1.29 is 54.7 Å². The molecule has 2 rings (SSSR count). The molecule has 1 saturated carbocycles. The Hall–Kier alpha value is -0.440. The molecule has 2 fully saturated rings. The average molecular weight is 370 g/mol. The second-order valence-electron chi connectivity index (χ2n) is 6.17. The Labute approximate surface area is 143 Å². The Kier molecular flexibility index (Phi) is 7.09. The molecule has 1 heterocycles. The van der Waals surface area contributed by atoms with Gasteiger partial charge >= 0.3 is 0 Å². The molecule has 1 saturated heterocycles. The molecule has 11 nitrogen and oxygen atoms in total. The highest BCUT2D eigenvalue weighted by molar-refractivity contribution is 5.01. The van der Waals surface area contributed by atoms with Crippen molar-refractivity contribution in [1.82, 2.24) is 0 Å². The van der Waals surface area contributed by atoms with Gasteiger partial charge in [0.25, 0.3) is 0 Å². The van der Waals surface area contributed by atoms with Gasteiger partial charge in [0.15, 0.2) is 6.29 Å². The van der Waals surface area contributed by atoms with Crippen LogP contribution in [0.2, 0.25) is 0 Å². The molecular formula is C14H26O11. The minimum absolute atomic E-state index is 0.657. The molecule has 0 spiro atoms. The van der Waals surface area contributed by atoms with Crippen molar-refractivity contribution in [3.05, 3.63) is 0 Å². The average Bonchev–Trinajstić information content (AvgIpc) is 2.61. The number of rotatable bonds is 5. The van der Waals surface area contributed by atoms with Crippen LogP contribution in [0.1, 0.15) is 0 Å². The van der Waals surface area contributed by atoms with E-state index in [1.165, 1.54) is 14.2 Å². The van der Waals surface area contributed by atoms with E-state index in [0.717, 1.165) is 0 Å². The van der Waals surface area contributed by atoms with E-state index < -0.39 is 73.9 Å². The Morgan fingerprint density at radius 2 is 1.20 bits per heavy atom. The fraction of sp³-hybridized carbons (Fsp3) is 1.00. The van der Waals surface area contributed by atoms with Crippen molar-refractivity contribution in [2.45, 2.75) is 67.3 Å². The predicted molar refractivity (Wildman–Crippen MR) is 78.3 cm³/mol. The summed E-state index contributed by atoms with van der Waals surface area (Å²) in [4.78, 5) is 0. The highest BCUT2D eigenvalue weighted by Gasteiger charge is 2.53. The first kappa shape index (κ1) is 20.9. The SMILES string of the molecule is CO[C@@H]1[C@@H](O)[C@@H](O)[C@H](O[C@@H]2O[C@H](CO)[C@H](O)[C@H](O)[C@H]2O)[C@H](O)[C@H]1OC. The summed E-state index contributed by atoms with van der Waals surface area (Å²) in [5.74, 6) is 0. The van der Waals surface area contributed by atoms with Gasteiger partial charge in [-0.2, -0.15) is 0 Å². The van der Waals surface area contributed by atoms with Crippen LogP contribution in [-0.2, 0) is 18.9 Å². The zero-order chi connectivity index (χ0) is 18.9. The van der Waals surface area contributed by atoms with Crippen molar-refractivity contribution in [1.29, 1.82) is 0 Å². The summed E-state index contributed by atoms with van der Waals surface area (Å²) in [6.07, 6.45) is -15.8. The second kappa shape index (κ2) is 8.50. The number of aliphatic hydroxyl groups excluding tert-OH is 7. The van der Waals surface area contributed by atoms with Crippen molar-refractivity contribution in [3.8, 4) is 0 Å². The van der Waals surface area contributed by atoms with E-state index in [1.807, 2.05) is 0 Å². The summed E-state index contributed by atoms with van der Waals surface area (Å²) in [5, 5.41) is 69.4. The van der Waals surface area contributed by atoms with Crippen LogP contribution in [0.15, 0.2) is 0 Å². The first-order chi connectivity index (χ1) is 11.8. The molecule has 25 heavy (non-hydrogen) atoms. The van der Waals surface area contributed by atoms with Crippen LogP contribution in [0.5, 0.6) is 0 Å². The summed E-state index contributed by atoms with van der Waals surface area (Å²) in [7, 11) is 2.55. The van der Waals surface area contributed by atoms with E-state index >= 15 is 0 Å². The molecule has 11 atom stereocenters. The quantitative estimate of drug-likeness (QED) is 0.247. The molecule has 0 radical (unpaired) electrons. The maximum absolute atomic E-state index is 10.4. The lowest BCUT2D eigenvalue weighted by atomic mass is 9.84. The van der Waals surface area contributed by atoms with Gasteiger partial charge < -0.3 is 54.7 Å². The monoisotopic (exact) mass is 370 g/mol. The molecule has 7 N–H and O–H groups in total. The Morgan fingerprint density at radius 1 is 0.680 bits per heavy atom. The molecule has 11 heteroatoms. The van der Waals surface area contributed by atoms with E-state index in [1.54, 1.807) is 0 Å². The van der Waals surface area contributed by atoms with Gasteiger partial charge in [0, 0.05) is 14.2 Å². The minimum atomic E-state index is -1.71. The van der Waals surface area contributed by atoms with Crippen LogP contribution >= 0.6 is 0 Å². The van der Waals surface area contributed by atoms with Gasteiger partial charge in [-0.25, -0.2) is 0 Å². The van der Waals surface area contributed by atoms with Crippen molar-refractivity contribution in [3.63, 3.8) is 0 Å². The maximum Gasteiger partial charge on any atom is 0.187 e. The zero-order valence-corrected chi connectivity index (χ0v) is 13.8. The van der Waals surface area contributed by atoms with Gasteiger partial charge in [-0.3, -0.25) is 0 Å². The summed E-state index contributed by atoms with van der Waals surface area (Å²) in [6, 6.07) is 0. The summed E-state index contributed by atoms with van der Waals surface area (Å²) in [5.41, 5.74) is 0. The number of aliphatic hydroxyl groups is 7. The molecule has 1 aliphatic heterocycles. The molecule has 1 aliphatic carbocycles. The van der Waals surface area contributed by atoms with Crippen LogP contribution in [0.3, 0.4) is 0 Å². The third-order valence-electron chi connectivity index (χ3n) is 4.70. The van der Waals surface area contributed by atoms with Crippen molar-refractivity contribution >= 4 is 0 Å². The molecule has 0 amide bonds. The van der Waals surface area contributed by atoms with E-state index in [9.17, 15) is 35.7 Å². The van der Waals surface area contributed by atoms with Gasteiger partial charge in [-0.05, 0) is 0 Å². The molecule has 0 aromatic carbocycles. The lowest BCUT2D eigenvalue weighted by Gasteiger charge is -2.47. The first-order valence-corrected chi connectivity index (χ1v) is 7.84. The molecular weight excluding hydrogens is 344 g/mol. The molecule has 148 valence electrons. The third kappa shape index (κ3) is 3.82. The summed E-state index contributed by atoms with van der Waals surface area (Å²) < 4.78 is 20.7. The number of hydrogen-bond donors (Lipinski definition) is 7. The molecule has 0 bridgehead atoms. The largest absolute Gasteiger partial charge is 0.394 e. The van der Waals surface area contributed by atoms with Crippen LogP contribution in [0.4, 0.5) is 0 Å². The minimum Gasteiger partial charge on any atom is -0.394 e. The Balaban J connectivity index is 2.17. The zero-order valence-electron chi connectivity index (χ0n) is 13.8. The number of hydrogen-bond acceptors (Lipinski definition) is 11. The van der Waals surface area contributed by atoms with Crippen LogP contribution in [-0.4, -0.2) is 124 Å². The van der Waals surface area contributed by atoms with E-state index in [2.05, 4.69) is 0 Å². The predicted octanol–water partition coefficient (Wildman–Crippen LogP) is -4.70. The highest BCUT2D eigenvalue weighted by atomic mass is 16.7. The fourth-order valence-corrected chi connectivity index (χ4v) is 3.21. The summed E-state index contributed by atoms with van der Waals surface area (Å²) in [6.45, 7) is -0.657. The topological polar surface area (TPSA) is 179 Å².